The molecule has 0 saturated heterocycles. The summed E-state index contributed by atoms with van der Waals surface area (Å²) in [5.41, 5.74) is 0.966. The maximum absolute atomic E-state index is 11.8. The van der Waals surface area contributed by atoms with Crippen molar-refractivity contribution in [3.8, 4) is 0 Å². The highest BCUT2D eigenvalue weighted by molar-refractivity contribution is 5.83. The molecule has 5 heteroatoms. The molecule has 19 heavy (non-hydrogen) atoms. The first-order valence-corrected chi connectivity index (χ1v) is 6.25. The van der Waals surface area contributed by atoms with Crippen LogP contribution in [0.25, 0.3) is 0 Å². The lowest BCUT2D eigenvalue weighted by Gasteiger charge is -2.14. The molecule has 1 amide bonds. The quantitative estimate of drug-likeness (QED) is 0.705. The molecule has 1 unspecified atom stereocenters. The summed E-state index contributed by atoms with van der Waals surface area (Å²) < 4.78 is 4.71. The van der Waals surface area contributed by atoms with Crippen molar-refractivity contribution in [2.75, 3.05) is 19.8 Å². The number of hydrogen-bond donors (Lipinski definition) is 2. The number of aliphatic hydroxyl groups excluding tert-OH is 1. The Labute approximate surface area is 112 Å². The van der Waals surface area contributed by atoms with E-state index in [1.165, 1.54) is 0 Å². The predicted octanol–water partition coefficient (Wildman–Crippen LogP) is 0.517. The molecule has 0 aliphatic heterocycles. The van der Waals surface area contributed by atoms with Crippen molar-refractivity contribution < 1.29 is 19.4 Å². The number of aliphatic hydroxyl groups is 1. The van der Waals surface area contributed by atoms with E-state index in [2.05, 4.69) is 5.32 Å². The summed E-state index contributed by atoms with van der Waals surface area (Å²) in [6.07, 6.45) is 0.437. The minimum absolute atomic E-state index is 0.169. The van der Waals surface area contributed by atoms with Crippen LogP contribution >= 0.6 is 0 Å². The van der Waals surface area contributed by atoms with Crippen LogP contribution in [0.1, 0.15) is 12.5 Å². The van der Waals surface area contributed by atoms with Gasteiger partial charge in [0.05, 0.1) is 19.1 Å². The lowest BCUT2D eigenvalue weighted by molar-refractivity contribution is -0.144. The number of benzene rings is 1. The van der Waals surface area contributed by atoms with Crippen molar-refractivity contribution in [3.05, 3.63) is 35.9 Å². The van der Waals surface area contributed by atoms with E-state index in [1.54, 1.807) is 6.92 Å². The van der Waals surface area contributed by atoms with Gasteiger partial charge in [0.2, 0.25) is 5.91 Å². The summed E-state index contributed by atoms with van der Waals surface area (Å²) in [7, 11) is 0. The SMILES string of the molecule is CCOC(=O)CNC(=O)C(CO)Cc1ccccc1. The Morgan fingerprint density at radius 1 is 1.32 bits per heavy atom. The molecule has 1 rings (SSSR count). The Morgan fingerprint density at radius 2 is 2.00 bits per heavy atom. The first-order valence-electron chi connectivity index (χ1n) is 6.25. The lowest BCUT2D eigenvalue weighted by Crippen LogP contribution is -2.37. The molecule has 0 spiro atoms. The normalized spacial score (nSPS) is 11.7. The summed E-state index contributed by atoms with van der Waals surface area (Å²) in [5.74, 6) is -1.39. The third kappa shape index (κ3) is 5.52. The predicted molar refractivity (Wildman–Crippen MR) is 70.4 cm³/mol. The van der Waals surface area contributed by atoms with Gasteiger partial charge in [-0.15, -0.1) is 0 Å². The third-order valence-electron chi connectivity index (χ3n) is 2.63. The Bertz CT molecular complexity index is 405. The van der Waals surface area contributed by atoms with Crippen molar-refractivity contribution in [2.24, 2.45) is 5.92 Å². The fourth-order valence-electron chi connectivity index (χ4n) is 1.65. The highest BCUT2D eigenvalue weighted by Gasteiger charge is 2.18. The first-order chi connectivity index (χ1) is 9.17. The van der Waals surface area contributed by atoms with Gasteiger partial charge in [0.15, 0.2) is 0 Å². The van der Waals surface area contributed by atoms with E-state index in [0.717, 1.165) is 5.56 Å². The van der Waals surface area contributed by atoms with Crippen LogP contribution in [-0.2, 0) is 20.7 Å². The molecule has 0 bridgehead atoms. The van der Waals surface area contributed by atoms with Crippen LogP contribution in [0.3, 0.4) is 0 Å². The first kappa shape index (κ1) is 15.2. The van der Waals surface area contributed by atoms with Crippen LogP contribution in [0.5, 0.6) is 0 Å². The number of ether oxygens (including phenoxy) is 1. The van der Waals surface area contributed by atoms with Crippen molar-refractivity contribution in [1.29, 1.82) is 0 Å². The fourth-order valence-corrected chi connectivity index (χ4v) is 1.65. The number of esters is 1. The van der Waals surface area contributed by atoms with Crippen molar-refractivity contribution in [1.82, 2.24) is 5.32 Å². The van der Waals surface area contributed by atoms with Crippen LogP contribution in [0.2, 0.25) is 0 Å². The largest absolute Gasteiger partial charge is 0.465 e. The summed E-state index contributed by atoms with van der Waals surface area (Å²) in [4.78, 5) is 22.9. The monoisotopic (exact) mass is 265 g/mol. The zero-order valence-corrected chi connectivity index (χ0v) is 11.0. The molecule has 1 aromatic rings. The minimum Gasteiger partial charge on any atom is -0.465 e. The number of carbonyl (C=O) groups excluding carboxylic acids is 2. The molecule has 1 aromatic carbocycles. The second kappa shape index (κ2) is 8.26. The average Bonchev–Trinajstić information content (AvgIpc) is 2.43. The van der Waals surface area contributed by atoms with Crippen molar-refractivity contribution in [3.63, 3.8) is 0 Å². The van der Waals surface area contributed by atoms with Gasteiger partial charge in [-0.25, -0.2) is 0 Å². The Morgan fingerprint density at radius 3 is 2.58 bits per heavy atom. The number of amides is 1. The van der Waals surface area contributed by atoms with E-state index in [0.29, 0.717) is 6.42 Å². The maximum Gasteiger partial charge on any atom is 0.325 e. The van der Waals surface area contributed by atoms with Gasteiger partial charge in [-0.3, -0.25) is 9.59 Å². The molecule has 0 aliphatic rings. The van der Waals surface area contributed by atoms with Crippen LogP contribution in [0, 0.1) is 5.92 Å². The molecule has 0 radical (unpaired) electrons. The molecule has 2 N–H and O–H groups in total. The summed E-state index contributed by atoms with van der Waals surface area (Å²) in [5, 5.41) is 11.7. The Hall–Kier alpha value is -1.88. The van der Waals surface area contributed by atoms with E-state index in [4.69, 9.17) is 4.74 Å². The number of rotatable bonds is 7. The van der Waals surface area contributed by atoms with Gasteiger partial charge < -0.3 is 15.2 Å². The van der Waals surface area contributed by atoms with Gasteiger partial charge >= 0.3 is 5.97 Å². The standard InChI is InChI=1S/C14H19NO4/c1-2-19-13(17)9-15-14(18)12(10-16)8-11-6-4-3-5-7-11/h3-7,12,16H,2,8-10H2,1H3,(H,15,18). The number of nitrogens with one attached hydrogen (secondary N) is 1. The number of hydrogen-bond acceptors (Lipinski definition) is 4. The second-order valence-electron chi connectivity index (χ2n) is 4.09. The maximum atomic E-state index is 11.8. The third-order valence-corrected chi connectivity index (χ3v) is 2.63. The zero-order chi connectivity index (χ0) is 14.1. The van der Waals surface area contributed by atoms with Gasteiger partial charge in [-0.2, -0.15) is 0 Å². The van der Waals surface area contributed by atoms with Crippen molar-refractivity contribution in [2.45, 2.75) is 13.3 Å². The molecule has 5 nitrogen and oxygen atoms in total. The van der Waals surface area contributed by atoms with Crippen LogP contribution < -0.4 is 5.32 Å². The smallest absolute Gasteiger partial charge is 0.325 e. The molecule has 104 valence electrons. The number of carbonyl (C=O) groups is 2. The molecular weight excluding hydrogens is 246 g/mol. The summed E-state index contributed by atoms with van der Waals surface area (Å²) in [6, 6.07) is 9.42. The van der Waals surface area contributed by atoms with Gasteiger partial charge in [-0.1, -0.05) is 30.3 Å². The molecule has 0 fully saturated rings. The Balaban J connectivity index is 2.46. The molecule has 0 aromatic heterocycles. The molecule has 0 heterocycles. The minimum atomic E-state index is -0.558. The van der Waals surface area contributed by atoms with Gasteiger partial charge in [-0.05, 0) is 18.9 Å². The topological polar surface area (TPSA) is 75.6 Å². The highest BCUT2D eigenvalue weighted by Crippen LogP contribution is 2.08. The zero-order valence-electron chi connectivity index (χ0n) is 11.0. The van der Waals surface area contributed by atoms with Crippen LogP contribution in [-0.4, -0.2) is 36.7 Å². The molecule has 1 atom stereocenters. The van der Waals surface area contributed by atoms with Crippen LogP contribution in [0.15, 0.2) is 30.3 Å². The summed E-state index contributed by atoms with van der Waals surface area (Å²) >= 11 is 0. The average molecular weight is 265 g/mol. The summed E-state index contributed by atoms with van der Waals surface area (Å²) in [6.45, 7) is 1.55. The van der Waals surface area contributed by atoms with E-state index < -0.39 is 11.9 Å². The molecular formula is C14H19NO4. The van der Waals surface area contributed by atoms with E-state index in [9.17, 15) is 14.7 Å². The lowest BCUT2D eigenvalue weighted by atomic mass is 9.99. The van der Waals surface area contributed by atoms with E-state index in [-0.39, 0.29) is 25.7 Å². The molecule has 0 aliphatic carbocycles. The highest BCUT2D eigenvalue weighted by atomic mass is 16.5. The van der Waals surface area contributed by atoms with E-state index in [1.807, 2.05) is 30.3 Å². The van der Waals surface area contributed by atoms with E-state index >= 15 is 0 Å². The van der Waals surface area contributed by atoms with Gasteiger partial charge in [0.25, 0.3) is 0 Å². The van der Waals surface area contributed by atoms with Gasteiger partial charge in [0, 0.05) is 0 Å². The Kier molecular flexibility index (Phi) is 6.60. The second-order valence-corrected chi connectivity index (χ2v) is 4.09. The molecule has 0 saturated carbocycles. The fraction of sp³-hybridized carbons (Fsp3) is 0.429. The van der Waals surface area contributed by atoms with Gasteiger partial charge in [0.1, 0.15) is 6.54 Å². The van der Waals surface area contributed by atoms with Crippen molar-refractivity contribution >= 4 is 11.9 Å². The van der Waals surface area contributed by atoms with Crippen LogP contribution in [0.4, 0.5) is 0 Å².